The lowest BCUT2D eigenvalue weighted by atomic mass is 9.82. The lowest BCUT2D eigenvalue weighted by Gasteiger charge is -2.22. The van der Waals surface area contributed by atoms with Crippen LogP contribution in [0, 0.1) is 0 Å². The molecule has 0 saturated carbocycles. The predicted molar refractivity (Wildman–Crippen MR) is 69.8 cm³/mol. The maximum Gasteiger partial charge on any atom is 0.00202 e. The second kappa shape index (κ2) is 3.48. The van der Waals surface area contributed by atoms with E-state index < -0.39 is 0 Å². The molecule has 0 heterocycles. The molecule has 1 unspecified atom stereocenters. The van der Waals surface area contributed by atoms with Crippen LogP contribution in [0.3, 0.4) is 0 Å². The first kappa shape index (κ1) is 9.65. The summed E-state index contributed by atoms with van der Waals surface area (Å²) in [6, 6.07) is 13.4. The highest BCUT2D eigenvalue weighted by atomic mass is 14.2. The maximum absolute atomic E-state index is 2.37. The number of fused-ring (bicyclic) bond motifs is 2. The van der Waals surface area contributed by atoms with Crippen molar-refractivity contribution < 1.29 is 0 Å². The van der Waals surface area contributed by atoms with E-state index in [0.29, 0.717) is 5.92 Å². The zero-order valence-corrected chi connectivity index (χ0v) is 9.83. The van der Waals surface area contributed by atoms with Crippen LogP contribution < -0.4 is 0 Å². The van der Waals surface area contributed by atoms with E-state index >= 15 is 0 Å². The van der Waals surface area contributed by atoms with E-state index in [4.69, 9.17) is 0 Å². The van der Waals surface area contributed by atoms with Crippen LogP contribution in [0.2, 0.25) is 0 Å². The molecule has 0 bridgehead atoms. The summed E-state index contributed by atoms with van der Waals surface area (Å²) in [7, 11) is 0. The van der Waals surface area contributed by atoms with Gasteiger partial charge in [0, 0.05) is 5.92 Å². The molecule has 0 aliphatic heterocycles. The molecule has 0 saturated heterocycles. The molecular weight excluding hydrogens is 192 g/mol. The first-order valence-electron chi connectivity index (χ1n) is 5.94. The Morgan fingerprint density at radius 2 is 1.75 bits per heavy atom. The third-order valence-electron chi connectivity index (χ3n) is 3.80. The van der Waals surface area contributed by atoms with Crippen molar-refractivity contribution >= 4 is 10.8 Å². The second-order valence-electron chi connectivity index (χ2n) is 4.77. The highest BCUT2D eigenvalue weighted by Crippen LogP contribution is 2.34. The van der Waals surface area contributed by atoms with Gasteiger partial charge in [-0.15, -0.1) is 0 Å². The normalized spacial score (nSPS) is 19.4. The molecule has 0 spiro atoms. The third-order valence-corrected chi connectivity index (χ3v) is 3.80. The number of rotatable bonds is 0. The Hall–Kier alpha value is -1.56. The van der Waals surface area contributed by atoms with Gasteiger partial charge in [0.15, 0.2) is 0 Å². The van der Waals surface area contributed by atoms with Crippen LogP contribution in [0.4, 0.5) is 0 Å². The van der Waals surface area contributed by atoms with Crippen LogP contribution >= 0.6 is 0 Å². The molecule has 16 heavy (non-hydrogen) atoms. The van der Waals surface area contributed by atoms with E-state index in [1.807, 2.05) is 0 Å². The van der Waals surface area contributed by atoms with Crippen LogP contribution in [0.25, 0.3) is 10.8 Å². The standard InChI is InChI=1S/C16H16/c1-11-7-8-15-9-13-5-3-4-6-14(13)10-16(15)12(11)2/h3-7,9-10,12H,8H2,1-2H3. The van der Waals surface area contributed by atoms with Gasteiger partial charge in [-0.1, -0.05) is 55.0 Å². The van der Waals surface area contributed by atoms with Crippen molar-refractivity contribution in [2.24, 2.45) is 0 Å². The average Bonchev–Trinajstić information content (AvgIpc) is 2.32. The summed E-state index contributed by atoms with van der Waals surface area (Å²) in [5, 5.41) is 2.73. The van der Waals surface area contributed by atoms with Crippen molar-refractivity contribution in [3.8, 4) is 0 Å². The van der Waals surface area contributed by atoms with Gasteiger partial charge < -0.3 is 0 Å². The molecule has 2 aromatic rings. The van der Waals surface area contributed by atoms with Crippen molar-refractivity contribution in [2.45, 2.75) is 26.2 Å². The van der Waals surface area contributed by atoms with E-state index in [0.717, 1.165) is 6.42 Å². The highest BCUT2D eigenvalue weighted by Gasteiger charge is 2.16. The number of hydrogen-bond acceptors (Lipinski definition) is 0. The smallest absolute Gasteiger partial charge is 0.00202 e. The van der Waals surface area contributed by atoms with Gasteiger partial charge in [-0.05, 0) is 35.2 Å². The summed E-state index contributed by atoms with van der Waals surface area (Å²) in [6.45, 7) is 4.54. The van der Waals surface area contributed by atoms with Crippen molar-refractivity contribution in [2.75, 3.05) is 0 Å². The molecule has 0 nitrogen and oxygen atoms in total. The third kappa shape index (κ3) is 1.37. The van der Waals surface area contributed by atoms with Crippen LogP contribution in [0.15, 0.2) is 48.0 Å². The molecule has 2 aromatic carbocycles. The zero-order chi connectivity index (χ0) is 11.1. The van der Waals surface area contributed by atoms with Crippen LogP contribution in [0.1, 0.15) is 30.9 Å². The molecule has 0 fully saturated rings. The van der Waals surface area contributed by atoms with Gasteiger partial charge in [-0.25, -0.2) is 0 Å². The summed E-state index contributed by atoms with van der Waals surface area (Å²) in [4.78, 5) is 0. The van der Waals surface area contributed by atoms with E-state index in [-0.39, 0.29) is 0 Å². The fourth-order valence-corrected chi connectivity index (χ4v) is 2.58. The molecule has 0 N–H and O–H groups in total. The average molecular weight is 208 g/mol. The Morgan fingerprint density at radius 1 is 1.06 bits per heavy atom. The van der Waals surface area contributed by atoms with Crippen molar-refractivity contribution in [1.29, 1.82) is 0 Å². The van der Waals surface area contributed by atoms with E-state index in [1.165, 1.54) is 27.5 Å². The van der Waals surface area contributed by atoms with Gasteiger partial charge >= 0.3 is 0 Å². The summed E-state index contributed by atoms with van der Waals surface area (Å²) in [6.07, 6.45) is 3.46. The van der Waals surface area contributed by atoms with Gasteiger partial charge in [0.25, 0.3) is 0 Å². The summed E-state index contributed by atoms with van der Waals surface area (Å²) < 4.78 is 0. The van der Waals surface area contributed by atoms with Crippen LogP contribution in [-0.2, 0) is 6.42 Å². The van der Waals surface area contributed by atoms with Gasteiger partial charge in [-0.2, -0.15) is 0 Å². The highest BCUT2D eigenvalue weighted by molar-refractivity contribution is 5.84. The Kier molecular flexibility index (Phi) is 2.10. The Bertz CT molecular complexity index is 576. The molecule has 0 aromatic heterocycles. The first-order valence-corrected chi connectivity index (χ1v) is 5.94. The molecule has 80 valence electrons. The minimum Gasteiger partial charge on any atom is -0.0806 e. The topological polar surface area (TPSA) is 0 Å². The molecule has 1 aliphatic carbocycles. The molecule has 0 heteroatoms. The summed E-state index contributed by atoms with van der Waals surface area (Å²) in [5.41, 5.74) is 4.51. The van der Waals surface area contributed by atoms with E-state index in [1.54, 1.807) is 0 Å². The first-order chi connectivity index (χ1) is 7.75. The van der Waals surface area contributed by atoms with Gasteiger partial charge in [0.1, 0.15) is 0 Å². The Labute approximate surface area is 96.6 Å². The van der Waals surface area contributed by atoms with Crippen molar-refractivity contribution in [3.63, 3.8) is 0 Å². The number of benzene rings is 2. The molecule has 3 rings (SSSR count). The van der Waals surface area contributed by atoms with Crippen molar-refractivity contribution in [3.05, 3.63) is 59.2 Å². The quantitative estimate of drug-likeness (QED) is 0.561. The van der Waals surface area contributed by atoms with E-state index in [9.17, 15) is 0 Å². The van der Waals surface area contributed by atoms with Crippen LogP contribution in [-0.4, -0.2) is 0 Å². The summed E-state index contributed by atoms with van der Waals surface area (Å²) >= 11 is 0. The predicted octanol–water partition coefficient (Wildman–Crippen LogP) is 4.45. The Morgan fingerprint density at radius 3 is 2.50 bits per heavy atom. The second-order valence-corrected chi connectivity index (χ2v) is 4.77. The lowest BCUT2D eigenvalue weighted by Crippen LogP contribution is -2.06. The van der Waals surface area contributed by atoms with Crippen LogP contribution in [0.5, 0.6) is 0 Å². The molecule has 0 amide bonds. The fourth-order valence-electron chi connectivity index (χ4n) is 2.58. The molecule has 0 radical (unpaired) electrons. The minimum atomic E-state index is 0.577. The fraction of sp³-hybridized carbons (Fsp3) is 0.250. The Balaban J connectivity index is 2.26. The van der Waals surface area contributed by atoms with Gasteiger partial charge in [0.2, 0.25) is 0 Å². The van der Waals surface area contributed by atoms with Gasteiger partial charge in [-0.3, -0.25) is 0 Å². The SMILES string of the molecule is CC1=CCc2cc3ccccc3cc2C1C. The van der Waals surface area contributed by atoms with Gasteiger partial charge in [0.05, 0.1) is 0 Å². The molecular formula is C16H16. The monoisotopic (exact) mass is 208 g/mol. The maximum atomic E-state index is 2.37. The lowest BCUT2D eigenvalue weighted by molar-refractivity contribution is 0.844. The van der Waals surface area contributed by atoms with Crippen molar-refractivity contribution in [1.82, 2.24) is 0 Å². The largest absolute Gasteiger partial charge is 0.0806 e. The number of allylic oxidation sites excluding steroid dienone is 2. The summed E-state index contributed by atoms with van der Waals surface area (Å²) in [5.74, 6) is 0.577. The molecule has 1 aliphatic rings. The minimum absolute atomic E-state index is 0.577. The zero-order valence-electron chi connectivity index (χ0n) is 9.83. The molecule has 1 atom stereocenters. The van der Waals surface area contributed by atoms with E-state index in [2.05, 4.69) is 56.3 Å². The number of hydrogen-bond donors (Lipinski definition) is 0.